The summed E-state index contributed by atoms with van der Waals surface area (Å²) in [7, 11) is 2.68. The zero-order valence-corrected chi connectivity index (χ0v) is 13.8. The topological polar surface area (TPSA) is 54.6 Å². The molecule has 0 fully saturated rings. The number of furan rings is 1. The summed E-state index contributed by atoms with van der Waals surface area (Å²) in [5, 5.41) is 11.6. The first-order chi connectivity index (χ1) is 11.2. The lowest BCUT2D eigenvalue weighted by Crippen LogP contribution is -2.11. The van der Waals surface area contributed by atoms with E-state index in [0.29, 0.717) is 0 Å². The van der Waals surface area contributed by atoms with Crippen LogP contribution >= 0.6 is 0 Å². The molecule has 0 saturated carbocycles. The standard InChI is InChI=1S/C18H19NO2.CH4O/c1-13-3-6-15-10-17(21-18(15)9-13)12-19-11-14-4-7-16(20-2)8-5-14;1-2/h3-10,19H,11-12H2,1-2H3;2H,1H3. The number of ether oxygens (including phenoxy) is 1. The fraction of sp³-hybridized carbons (Fsp3) is 0.263. The molecule has 0 unspecified atom stereocenters. The first-order valence-corrected chi connectivity index (χ1v) is 7.52. The van der Waals surface area contributed by atoms with Crippen molar-refractivity contribution in [3.8, 4) is 5.75 Å². The van der Waals surface area contributed by atoms with Crippen LogP contribution in [0.1, 0.15) is 16.9 Å². The van der Waals surface area contributed by atoms with E-state index in [1.54, 1.807) is 7.11 Å². The van der Waals surface area contributed by atoms with Gasteiger partial charge in [0.25, 0.3) is 0 Å². The molecule has 2 N–H and O–H groups in total. The van der Waals surface area contributed by atoms with Crippen molar-refractivity contribution in [1.82, 2.24) is 5.32 Å². The Labute approximate surface area is 136 Å². The van der Waals surface area contributed by atoms with Crippen LogP contribution in [-0.2, 0) is 13.1 Å². The lowest BCUT2D eigenvalue weighted by atomic mass is 10.2. The smallest absolute Gasteiger partial charge is 0.134 e. The van der Waals surface area contributed by atoms with E-state index < -0.39 is 0 Å². The van der Waals surface area contributed by atoms with Gasteiger partial charge in [-0.25, -0.2) is 0 Å². The van der Waals surface area contributed by atoms with E-state index in [0.717, 1.165) is 42.7 Å². The molecule has 0 aliphatic rings. The predicted octanol–water partition coefficient (Wildman–Crippen LogP) is 3.65. The third-order valence-corrected chi connectivity index (χ3v) is 3.51. The summed E-state index contributed by atoms with van der Waals surface area (Å²) in [6, 6.07) is 16.4. The minimum atomic E-state index is 0.722. The van der Waals surface area contributed by atoms with Crippen LogP contribution in [0.15, 0.2) is 52.9 Å². The van der Waals surface area contributed by atoms with Crippen molar-refractivity contribution in [3.63, 3.8) is 0 Å². The van der Waals surface area contributed by atoms with Gasteiger partial charge in [0, 0.05) is 19.0 Å². The van der Waals surface area contributed by atoms with E-state index in [1.807, 2.05) is 12.1 Å². The Morgan fingerprint density at radius 2 is 1.74 bits per heavy atom. The van der Waals surface area contributed by atoms with Gasteiger partial charge in [-0.3, -0.25) is 0 Å². The molecule has 1 heterocycles. The van der Waals surface area contributed by atoms with E-state index in [9.17, 15) is 0 Å². The van der Waals surface area contributed by atoms with Gasteiger partial charge >= 0.3 is 0 Å². The van der Waals surface area contributed by atoms with Crippen molar-refractivity contribution < 1.29 is 14.3 Å². The highest BCUT2D eigenvalue weighted by Crippen LogP contribution is 2.20. The van der Waals surface area contributed by atoms with Crippen LogP contribution in [0.4, 0.5) is 0 Å². The fourth-order valence-electron chi connectivity index (χ4n) is 2.35. The molecule has 0 amide bonds. The summed E-state index contributed by atoms with van der Waals surface area (Å²) in [6.45, 7) is 3.60. The normalized spacial score (nSPS) is 10.3. The van der Waals surface area contributed by atoms with Gasteiger partial charge in [0.15, 0.2) is 0 Å². The Morgan fingerprint density at radius 3 is 2.43 bits per heavy atom. The summed E-state index contributed by atoms with van der Waals surface area (Å²) in [4.78, 5) is 0. The Balaban J connectivity index is 0.000000924. The van der Waals surface area contributed by atoms with Gasteiger partial charge in [0.2, 0.25) is 0 Å². The third kappa shape index (κ3) is 4.58. The highest BCUT2D eigenvalue weighted by atomic mass is 16.5. The molecule has 23 heavy (non-hydrogen) atoms. The van der Waals surface area contributed by atoms with Crippen molar-refractivity contribution in [3.05, 3.63) is 65.4 Å². The molecule has 0 aliphatic carbocycles. The molecule has 0 radical (unpaired) electrons. The number of hydrogen-bond donors (Lipinski definition) is 2. The van der Waals surface area contributed by atoms with Crippen molar-refractivity contribution in [2.45, 2.75) is 20.0 Å². The minimum Gasteiger partial charge on any atom is -0.497 e. The number of benzene rings is 2. The molecule has 3 aromatic rings. The van der Waals surface area contributed by atoms with Crippen LogP contribution < -0.4 is 10.1 Å². The number of aryl methyl sites for hydroxylation is 1. The summed E-state index contributed by atoms with van der Waals surface area (Å²) in [5.41, 5.74) is 3.40. The van der Waals surface area contributed by atoms with E-state index in [2.05, 4.69) is 48.6 Å². The SMILES string of the molecule is CO.COc1ccc(CNCc2cc3ccc(C)cc3o2)cc1. The zero-order chi connectivity index (χ0) is 16.7. The maximum Gasteiger partial charge on any atom is 0.134 e. The average molecular weight is 313 g/mol. The van der Waals surface area contributed by atoms with Gasteiger partial charge < -0.3 is 19.6 Å². The quantitative estimate of drug-likeness (QED) is 0.755. The second kappa shape index (κ2) is 8.36. The molecule has 0 bridgehead atoms. The van der Waals surface area contributed by atoms with Crippen LogP contribution in [0.3, 0.4) is 0 Å². The monoisotopic (exact) mass is 313 g/mol. The Kier molecular flexibility index (Phi) is 6.20. The predicted molar refractivity (Wildman–Crippen MR) is 92.6 cm³/mol. The van der Waals surface area contributed by atoms with Crippen LogP contribution in [-0.4, -0.2) is 19.3 Å². The third-order valence-electron chi connectivity index (χ3n) is 3.51. The number of aliphatic hydroxyl groups excluding tert-OH is 1. The second-order valence-corrected chi connectivity index (χ2v) is 5.21. The number of methoxy groups -OCH3 is 1. The second-order valence-electron chi connectivity index (χ2n) is 5.21. The maximum absolute atomic E-state index is 7.00. The minimum absolute atomic E-state index is 0.722. The van der Waals surface area contributed by atoms with Gasteiger partial charge in [-0.1, -0.05) is 24.3 Å². The molecule has 122 valence electrons. The van der Waals surface area contributed by atoms with E-state index in [1.165, 1.54) is 11.1 Å². The Bertz CT molecular complexity index is 732. The molecule has 3 rings (SSSR count). The highest BCUT2D eigenvalue weighted by Gasteiger charge is 2.03. The first-order valence-electron chi connectivity index (χ1n) is 7.52. The maximum atomic E-state index is 7.00. The largest absolute Gasteiger partial charge is 0.497 e. The molecule has 1 aromatic heterocycles. The molecule has 0 atom stereocenters. The molecular weight excluding hydrogens is 290 g/mol. The van der Waals surface area contributed by atoms with Gasteiger partial charge in [0.1, 0.15) is 17.1 Å². The van der Waals surface area contributed by atoms with Crippen LogP contribution in [0.2, 0.25) is 0 Å². The molecule has 0 spiro atoms. The van der Waals surface area contributed by atoms with Gasteiger partial charge in [-0.05, 0) is 42.3 Å². The molecule has 0 saturated heterocycles. The van der Waals surface area contributed by atoms with Gasteiger partial charge in [-0.15, -0.1) is 0 Å². The van der Waals surface area contributed by atoms with Crippen molar-refractivity contribution in [2.24, 2.45) is 0 Å². The van der Waals surface area contributed by atoms with Gasteiger partial charge in [-0.2, -0.15) is 0 Å². The molecule has 0 aliphatic heterocycles. The number of fused-ring (bicyclic) bond motifs is 1. The summed E-state index contributed by atoms with van der Waals surface area (Å²) in [6.07, 6.45) is 0. The molecular formula is C19H23NO3. The van der Waals surface area contributed by atoms with E-state index in [4.69, 9.17) is 14.3 Å². The number of nitrogens with one attached hydrogen (secondary N) is 1. The lowest BCUT2D eigenvalue weighted by molar-refractivity contribution is 0.399. The average Bonchev–Trinajstić information content (AvgIpc) is 2.99. The van der Waals surface area contributed by atoms with Crippen molar-refractivity contribution in [1.29, 1.82) is 0 Å². The van der Waals surface area contributed by atoms with Crippen LogP contribution in [0.25, 0.3) is 11.0 Å². The van der Waals surface area contributed by atoms with Crippen molar-refractivity contribution in [2.75, 3.05) is 14.2 Å². The lowest BCUT2D eigenvalue weighted by Gasteiger charge is -2.04. The number of aliphatic hydroxyl groups is 1. The Morgan fingerprint density at radius 1 is 1.00 bits per heavy atom. The highest BCUT2D eigenvalue weighted by molar-refractivity contribution is 5.78. The van der Waals surface area contributed by atoms with E-state index >= 15 is 0 Å². The zero-order valence-electron chi connectivity index (χ0n) is 13.8. The summed E-state index contributed by atoms with van der Waals surface area (Å²) >= 11 is 0. The Hall–Kier alpha value is -2.30. The first kappa shape index (κ1) is 17.1. The van der Waals surface area contributed by atoms with Crippen LogP contribution in [0, 0.1) is 6.92 Å². The molecule has 2 aromatic carbocycles. The summed E-state index contributed by atoms with van der Waals surface area (Å²) < 4.78 is 11.0. The van der Waals surface area contributed by atoms with Crippen LogP contribution in [0.5, 0.6) is 5.75 Å². The molecule has 4 nitrogen and oxygen atoms in total. The van der Waals surface area contributed by atoms with E-state index in [-0.39, 0.29) is 0 Å². The molecule has 4 heteroatoms. The number of rotatable bonds is 5. The van der Waals surface area contributed by atoms with Gasteiger partial charge in [0.05, 0.1) is 13.7 Å². The van der Waals surface area contributed by atoms with Crippen molar-refractivity contribution >= 4 is 11.0 Å². The fourth-order valence-corrected chi connectivity index (χ4v) is 2.35. The number of hydrogen-bond acceptors (Lipinski definition) is 4. The summed E-state index contributed by atoms with van der Waals surface area (Å²) in [5.74, 6) is 1.84.